The van der Waals surface area contributed by atoms with Crippen LogP contribution < -0.4 is 0 Å². The van der Waals surface area contributed by atoms with Crippen LogP contribution >= 0.6 is 24.8 Å². The number of nitrogens with zero attached hydrogens (tertiary/aromatic N) is 2. The van der Waals surface area contributed by atoms with Crippen LogP contribution in [0.1, 0.15) is 58.3 Å². The van der Waals surface area contributed by atoms with E-state index in [0.29, 0.717) is 5.91 Å². The SMILES string of the molecule is CCCCCCCCC(=O)N(C)CCCN(C)C.Cl.Cl. The molecular weight excluding hydrogens is 295 g/mol. The molecular formula is C15H34Cl2N2O. The molecule has 0 aromatic carbocycles. The number of carbonyl (C=O) groups excluding carboxylic acids is 1. The van der Waals surface area contributed by atoms with Gasteiger partial charge in [-0.2, -0.15) is 0 Å². The second-order valence-corrected chi connectivity index (χ2v) is 5.49. The van der Waals surface area contributed by atoms with E-state index in [1.807, 2.05) is 11.9 Å². The molecule has 0 fully saturated rings. The molecule has 0 unspecified atom stereocenters. The van der Waals surface area contributed by atoms with Crippen LogP contribution in [0.2, 0.25) is 0 Å². The first kappa shape index (κ1) is 25.0. The molecule has 1 amide bonds. The molecule has 0 radical (unpaired) electrons. The van der Waals surface area contributed by atoms with Gasteiger partial charge in [-0.3, -0.25) is 4.79 Å². The smallest absolute Gasteiger partial charge is 0.222 e. The summed E-state index contributed by atoms with van der Waals surface area (Å²) in [6, 6.07) is 0. The highest BCUT2D eigenvalue weighted by Gasteiger charge is 2.07. The second kappa shape index (κ2) is 17.1. The van der Waals surface area contributed by atoms with Crippen LogP contribution in [-0.2, 0) is 4.79 Å². The van der Waals surface area contributed by atoms with Gasteiger partial charge in [-0.1, -0.05) is 39.0 Å². The van der Waals surface area contributed by atoms with Gasteiger partial charge in [-0.25, -0.2) is 0 Å². The third-order valence-electron chi connectivity index (χ3n) is 3.27. The summed E-state index contributed by atoms with van der Waals surface area (Å²) >= 11 is 0. The summed E-state index contributed by atoms with van der Waals surface area (Å²) in [4.78, 5) is 15.9. The lowest BCUT2D eigenvalue weighted by molar-refractivity contribution is -0.130. The van der Waals surface area contributed by atoms with E-state index in [1.54, 1.807) is 0 Å². The monoisotopic (exact) mass is 328 g/mol. The van der Waals surface area contributed by atoms with Crippen LogP contribution in [0, 0.1) is 0 Å². The summed E-state index contributed by atoms with van der Waals surface area (Å²) in [5.41, 5.74) is 0. The molecule has 124 valence electrons. The molecule has 0 bridgehead atoms. The fourth-order valence-corrected chi connectivity index (χ4v) is 2.00. The Morgan fingerprint density at radius 2 is 1.35 bits per heavy atom. The Labute approximate surface area is 138 Å². The van der Waals surface area contributed by atoms with E-state index in [0.717, 1.165) is 32.4 Å². The maximum Gasteiger partial charge on any atom is 0.222 e. The zero-order valence-corrected chi connectivity index (χ0v) is 15.3. The summed E-state index contributed by atoms with van der Waals surface area (Å²) < 4.78 is 0. The molecule has 0 aliphatic rings. The van der Waals surface area contributed by atoms with E-state index < -0.39 is 0 Å². The quantitative estimate of drug-likeness (QED) is 0.535. The largest absolute Gasteiger partial charge is 0.346 e. The van der Waals surface area contributed by atoms with Crippen molar-refractivity contribution in [2.75, 3.05) is 34.2 Å². The van der Waals surface area contributed by atoms with Gasteiger partial charge in [0.2, 0.25) is 5.91 Å². The third kappa shape index (κ3) is 16.1. The van der Waals surface area contributed by atoms with Crippen LogP contribution in [0.4, 0.5) is 0 Å². The van der Waals surface area contributed by atoms with Crippen molar-refractivity contribution >= 4 is 30.7 Å². The lowest BCUT2D eigenvalue weighted by Gasteiger charge is -2.18. The van der Waals surface area contributed by atoms with Crippen LogP contribution in [-0.4, -0.2) is 49.9 Å². The molecule has 20 heavy (non-hydrogen) atoms. The Morgan fingerprint density at radius 1 is 0.800 bits per heavy atom. The van der Waals surface area contributed by atoms with Crippen molar-refractivity contribution in [3.05, 3.63) is 0 Å². The third-order valence-corrected chi connectivity index (χ3v) is 3.27. The van der Waals surface area contributed by atoms with Gasteiger partial charge in [0.1, 0.15) is 0 Å². The summed E-state index contributed by atoms with van der Waals surface area (Å²) in [5.74, 6) is 0.309. The highest BCUT2D eigenvalue weighted by atomic mass is 35.5. The van der Waals surface area contributed by atoms with Gasteiger partial charge < -0.3 is 9.80 Å². The highest BCUT2D eigenvalue weighted by Crippen LogP contribution is 2.08. The van der Waals surface area contributed by atoms with E-state index in [4.69, 9.17) is 0 Å². The average Bonchev–Trinajstić information content (AvgIpc) is 2.32. The lowest BCUT2D eigenvalue weighted by atomic mass is 10.1. The van der Waals surface area contributed by atoms with Crippen molar-refractivity contribution < 1.29 is 4.79 Å². The Kier molecular flexibility index (Phi) is 21.3. The lowest BCUT2D eigenvalue weighted by Crippen LogP contribution is -2.29. The van der Waals surface area contributed by atoms with Gasteiger partial charge >= 0.3 is 0 Å². The first-order chi connectivity index (χ1) is 8.57. The molecule has 0 saturated carbocycles. The Hall–Kier alpha value is 0.01000. The van der Waals surface area contributed by atoms with Crippen LogP contribution in [0.25, 0.3) is 0 Å². The number of carbonyl (C=O) groups is 1. The first-order valence-electron chi connectivity index (χ1n) is 7.46. The minimum absolute atomic E-state index is 0. The number of rotatable bonds is 11. The molecule has 0 aliphatic heterocycles. The molecule has 0 aromatic heterocycles. The van der Waals surface area contributed by atoms with E-state index in [2.05, 4.69) is 25.9 Å². The summed E-state index contributed by atoms with van der Waals surface area (Å²) in [5, 5.41) is 0. The van der Waals surface area contributed by atoms with Gasteiger partial charge in [0, 0.05) is 20.0 Å². The standard InChI is InChI=1S/C15H32N2O.2ClH/c1-5-6-7-8-9-10-12-15(18)17(4)14-11-13-16(2)3;;/h5-14H2,1-4H3;2*1H. The molecule has 0 rings (SSSR count). The van der Waals surface area contributed by atoms with Crippen molar-refractivity contribution in [1.82, 2.24) is 9.80 Å². The average molecular weight is 329 g/mol. The molecule has 0 N–H and O–H groups in total. The minimum atomic E-state index is 0. The number of hydrogen-bond acceptors (Lipinski definition) is 2. The predicted octanol–water partition coefficient (Wildman–Crippen LogP) is 3.99. The maximum atomic E-state index is 11.8. The summed E-state index contributed by atoms with van der Waals surface area (Å²) in [6.45, 7) is 4.16. The van der Waals surface area contributed by atoms with Crippen LogP contribution in [0.5, 0.6) is 0 Å². The molecule has 0 spiro atoms. The summed E-state index contributed by atoms with van der Waals surface area (Å²) in [6.07, 6.45) is 9.27. The number of hydrogen-bond donors (Lipinski definition) is 0. The van der Waals surface area contributed by atoms with Gasteiger partial charge in [-0.05, 0) is 33.5 Å². The number of halogens is 2. The van der Waals surface area contributed by atoms with E-state index >= 15 is 0 Å². The molecule has 3 nitrogen and oxygen atoms in total. The molecule has 0 atom stereocenters. The second-order valence-electron chi connectivity index (χ2n) is 5.49. The minimum Gasteiger partial charge on any atom is -0.346 e. The molecule has 0 aliphatic carbocycles. The van der Waals surface area contributed by atoms with Crippen LogP contribution in [0.15, 0.2) is 0 Å². The number of unbranched alkanes of at least 4 members (excludes halogenated alkanes) is 5. The van der Waals surface area contributed by atoms with Crippen LogP contribution in [0.3, 0.4) is 0 Å². The zero-order chi connectivity index (χ0) is 13.8. The predicted molar refractivity (Wildman–Crippen MR) is 93.3 cm³/mol. The van der Waals surface area contributed by atoms with Crippen molar-refractivity contribution in [3.8, 4) is 0 Å². The Balaban J connectivity index is -0.00000144. The van der Waals surface area contributed by atoms with Crippen molar-refractivity contribution in [3.63, 3.8) is 0 Å². The molecule has 5 heteroatoms. The van der Waals surface area contributed by atoms with E-state index in [-0.39, 0.29) is 24.8 Å². The summed E-state index contributed by atoms with van der Waals surface area (Å²) in [7, 11) is 6.06. The topological polar surface area (TPSA) is 23.6 Å². The normalized spacial score (nSPS) is 9.85. The van der Waals surface area contributed by atoms with Gasteiger partial charge in [0.15, 0.2) is 0 Å². The fraction of sp³-hybridized carbons (Fsp3) is 0.933. The van der Waals surface area contributed by atoms with E-state index in [9.17, 15) is 4.79 Å². The molecule has 0 aromatic rings. The van der Waals surface area contributed by atoms with Gasteiger partial charge in [0.05, 0.1) is 0 Å². The molecule has 0 saturated heterocycles. The zero-order valence-electron chi connectivity index (χ0n) is 13.7. The maximum absolute atomic E-state index is 11.8. The highest BCUT2D eigenvalue weighted by molar-refractivity contribution is 5.85. The van der Waals surface area contributed by atoms with Gasteiger partial charge in [-0.15, -0.1) is 24.8 Å². The molecule has 0 heterocycles. The fourth-order valence-electron chi connectivity index (χ4n) is 2.00. The Morgan fingerprint density at radius 3 is 1.90 bits per heavy atom. The number of amides is 1. The van der Waals surface area contributed by atoms with Crippen molar-refractivity contribution in [1.29, 1.82) is 0 Å². The van der Waals surface area contributed by atoms with E-state index in [1.165, 1.54) is 32.1 Å². The van der Waals surface area contributed by atoms with Crippen molar-refractivity contribution in [2.45, 2.75) is 58.3 Å². The van der Waals surface area contributed by atoms with Crippen molar-refractivity contribution in [2.24, 2.45) is 0 Å². The Bertz CT molecular complexity index is 214. The first-order valence-corrected chi connectivity index (χ1v) is 7.46. The van der Waals surface area contributed by atoms with Gasteiger partial charge in [0.25, 0.3) is 0 Å².